The van der Waals surface area contributed by atoms with Crippen molar-refractivity contribution in [2.45, 2.75) is 32.4 Å². The molecule has 2 heterocycles. The minimum absolute atomic E-state index is 0.0756. The number of ketones is 1. The second-order valence-corrected chi connectivity index (χ2v) is 10.3. The maximum absolute atomic E-state index is 13.2. The van der Waals surface area contributed by atoms with Gasteiger partial charge < -0.3 is 14.6 Å². The largest absolute Gasteiger partial charge is 0.506 e. The van der Waals surface area contributed by atoms with Crippen LogP contribution in [-0.4, -0.2) is 58.0 Å². The normalized spacial score (nSPS) is 15.2. The molecule has 1 fully saturated rings. The zero-order chi connectivity index (χ0) is 25.6. The summed E-state index contributed by atoms with van der Waals surface area (Å²) in [7, 11) is 0. The van der Waals surface area contributed by atoms with Gasteiger partial charge in [-0.2, -0.15) is 0 Å². The molecule has 0 aliphatic carbocycles. The maximum Gasteiger partial charge on any atom is 0.169 e. The van der Waals surface area contributed by atoms with Crippen LogP contribution in [0.2, 0.25) is 5.02 Å². The van der Waals surface area contributed by atoms with Gasteiger partial charge in [0.1, 0.15) is 5.75 Å². The lowest BCUT2D eigenvalue weighted by Gasteiger charge is -2.22. The molecular formula is C31H34ClN3O2. The molecule has 4 aromatic rings. The molecule has 1 saturated heterocycles. The van der Waals surface area contributed by atoms with E-state index in [0.29, 0.717) is 12.0 Å². The van der Waals surface area contributed by atoms with Crippen molar-refractivity contribution >= 4 is 28.3 Å². The molecule has 1 aliphatic rings. The van der Waals surface area contributed by atoms with E-state index in [1.807, 2.05) is 60.8 Å². The number of para-hydroxylation sites is 1. The summed E-state index contributed by atoms with van der Waals surface area (Å²) in [6.45, 7) is 6.84. The molecule has 0 unspecified atom stereocenters. The molecule has 0 spiro atoms. The van der Waals surface area contributed by atoms with Crippen molar-refractivity contribution in [2.75, 3.05) is 32.7 Å². The van der Waals surface area contributed by atoms with Gasteiger partial charge in [-0.1, -0.05) is 72.3 Å². The number of aromatic nitrogens is 1. The minimum Gasteiger partial charge on any atom is -0.506 e. The number of fused-ring (bicyclic) bond motifs is 1. The van der Waals surface area contributed by atoms with Gasteiger partial charge in [-0.15, -0.1) is 0 Å². The summed E-state index contributed by atoms with van der Waals surface area (Å²) < 4.78 is 2.06. The first-order valence-electron chi connectivity index (χ1n) is 13.1. The summed E-state index contributed by atoms with van der Waals surface area (Å²) in [4.78, 5) is 18.2. The monoisotopic (exact) mass is 515 g/mol. The van der Waals surface area contributed by atoms with E-state index in [-0.39, 0.29) is 11.5 Å². The summed E-state index contributed by atoms with van der Waals surface area (Å²) in [5.41, 5.74) is 3.62. The fraction of sp³-hybridized carbons (Fsp3) is 0.323. The molecule has 1 N–H and O–H groups in total. The van der Waals surface area contributed by atoms with Gasteiger partial charge in [0, 0.05) is 54.8 Å². The Labute approximate surface area is 223 Å². The molecule has 0 saturated carbocycles. The number of hydrogen-bond donors (Lipinski definition) is 1. The van der Waals surface area contributed by atoms with E-state index in [9.17, 15) is 9.90 Å². The highest BCUT2D eigenvalue weighted by molar-refractivity contribution is 6.31. The molecule has 192 valence electrons. The van der Waals surface area contributed by atoms with Crippen LogP contribution in [0.5, 0.6) is 5.75 Å². The number of hydrogen-bond acceptors (Lipinski definition) is 4. The summed E-state index contributed by atoms with van der Waals surface area (Å²) in [5, 5.41) is 12.3. The lowest BCUT2D eigenvalue weighted by atomic mass is 10.0. The van der Waals surface area contributed by atoms with Crippen LogP contribution in [0.25, 0.3) is 10.9 Å². The van der Waals surface area contributed by atoms with E-state index in [1.165, 1.54) is 5.56 Å². The van der Waals surface area contributed by atoms with Crippen molar-refractivity contribution in [1.82, 2.24) is 14.4 Å². The van der Waals surface area contributed by atoms with Gasteiger partial charge in [0.25, 0.3) is 0 Å². The van der Waals surface area contributed by atoms with Gasteiger partial charge in [-0.25, -0.2) is 0 Å². The standard InChI is InChI=1S/C31H34ClN3O2/c32-28-13-5-4-11-25(28)22-34-17-7-15-33(19-20-34)16-8-18-35-23-27(26-12-6-14-29(36)31(26)35)30(37)21-24-9-2-1-3-10-24/h1-6,9-14,23,36H,7-8,15-22H2. The molecule has 37 heavy (non-hydrogen) atoms. The molecule has 0 atom stereocenters. The average Bonchev–Trinajstić information content (AvgIpc) is 3.14. The summed E-state index contributed by atoms with van der Waals surface area (Å²) in [5.74, 6) is 0.299. The van der Waals surface area contributed by atoms with Crippen molar-refractivity contribution < 1.29 is 9.90 Å². The van der Waals surface area contributed by atoms with Crippen LogP contribution in [0.1, 0.15) is 34.3 Å². The maximum atomic E-state index is 13.2. The molecule has 3 aromatic carbocycles. The second kappa shape index (κ2) is 12.0. The molecule has 0 amide bonds. The zero-order valence-corrected chi connectivity index (χ0v) is 21.9. The number of aromatic hydroxyl groups is 1. The summed E-state index contributed by atoms with van der Waals surface area (Å²) in [6, 6.07) is 23.4. The Bertz CT molecular complexity index is 1350. The quantitative estimate of drug-likeness (QED) is 0.277. The van der Waals surface area contributed by atoms with Gasteiger partial charge in [0.15, 0.2) is 5.78 Å². The molecule has 5 rings (SSSR count). The topological polar surface area (TPSA) is 48.7 Å². The summed E-state index contributed by atoms with van der Waals surface area (Å²) >= 11 is 6.38. The highest BCUT2D eigenvalue weighted by Crippen LogP contribution is 2.30. The molecule has 1 aromatic heterocycles. The first-order valence-corrected chi connectivity index (χ1v) is 13.5. The van der Waals surface area contributed by atoms with Gasteiger partial charge in [-0.05, 0) is 55.7 Å². The summed E-state index contributed by atoms with van der Waals surface area (Å²) in [6.07, 6.45) is 4.38. The highest BCUT2D eigenvalue weighted by Gasteiger charge is 2.19. The SMILES string of the molecule is O=C(Cc1ccccc1)c1cn(CCCN2CCCN(Cc3ccccc3Cl)CC2)c2c(O)cccc12. The first-order chi connectivity index (χ1) is 18.1. The minimum atomic E-state index is 0.0756. The van der Waals surface area contributed by atoms with E-state index in [2.05, 4.69) is 26.5 Å². The fourth-order valence-electron chi connectivity index (χ4n) is 5.35. The predicted molar refractivity (Wildman–Crippen MR) is 150 cm³/mol. The van der Waals surface area contributed by atoms with Crippen LogP contribution in [0, 0.1) is 0 Å². The number of phenols is 1. The molecule has 0 bridgehead atoms. The lowest BCUT2D eigenvalue weighted by molar-refractivity contribution is 0.0994. The number of Topliss-reactive ketones (excluding diaryl/α,β-unsaturated/α-hetero) is 1. The van der Waals surface area contributed by atoms with E-state index in [0.717, 1.165) is 80.1 Å². The zero-order valence-electron chi connectivity index (χ0n) is 21.2. The van der Waals surface area contributed by atoms with Gasteiger partial charge in [-0.3, -0.25) is 9.69 Å². The fourth-order valence-corrected chi connectivity index (χ4v) is 5.55. The number of halogens is 1. The lowest BCUT2D eigenvalue weighted by Crippen LogP contribution is -2.31. The molecule has 6 heteroatoms. The number of carbonyl (C=O) groups excluding carboxylic acids is 1. The Kier molecular flexibility index (Phi) is 8.24. The Morgan fingerprint density at radius 2 is 1.59 bits per heavy atom. The molecule has 1 aliphatic heterocycles. The van der Waals surface area contributed by atoms with Crippen LogP contribution >= 0.6 is 11.6 Å². The predicted octanol–water partition coefficient (Wildman–Crippen LogP) is 6.02. The Morgan fingerprint density at radius 3 is 2.43 bits per heavy atom. The average molecular weight is 516 g/mol. The van der Waals surface area contributed by atoms with Gasteiger partial charge >= 0.3 is 0 Å². The van der Waals surface area contributed by atoms with Gasteiger partial charge in [0.05, 0.1) is 5.52 Å². The second-order valence-electron chi connectivity index (χ2n) is 9.91. The Balaban J connectivity index is 1.21. The molecule has 5 nitrogen and oxygen atoms in total. The van der Waals surface area contributed by atoms with E-state index in [1.54, 1.807) is 6.07 Å². The Morgan fingerprint density at radius 1 is 0.838 bits per heavy atom. The Hall–Kier alpha value is -3.12. The van der Waals surface area contributed by atoms with Crippen LogP contribution in [-0.2, 0) is 19.5 Å². The first kappa shape index (κ1) is 25.5. The van der Waals surface area contributed by atoms with Crippen molar-refractivity contribution in [3.05, 3.63) is 101 Å². The smallest absolute Gasteiger partial charge is 0.169 e. The number of rotatable bonds is 9. The van der Waals surface area contributed by atoms with Crippen molar-refractivity contribution in [1.29, 1.82) is 0 Å². The third-order valence-electron chi connectivity index (χ3n) is 7.29. The van der Waals surface area contributed by atoms with Crippen LogP contribution in [0.3, 0.4) is 0 Å². The number of nitrogens with zero attached hydrogens (tertiary/aromatic N) is 3. The van der Waals surface area contributed by atoms with Crippen molar-refractivity contribution in [3.63, 3.8) is 0 Å². The van der Waals surface area contributed by atoms with Crippen LogP contribution < -0.4 is 0 Å². The van der Waals surface area contributed by atoms with Crippen molar-refractivity contribution in [3.8, 4) is 5.75 Å². The molecule has 0 radical (unpaired) electrons. The van der Waals surface area contributed by atoms with E-state index < -0.39 is 0 Å². The van der Waals surface area contributed by atoms with Crippen molar-refractivity contribution in [2.24, 2.45) is 0 Å². The third-order valence-corrected chi connectivity index (χ3v) is 7.66. The van der Waals surface area contributed by atoms with Gasteiger partial charge in [0.2, 0.25) is 0 Å². The number of carbonyl (C=O) groups is 1. The highest BCUT2D eigenvalue weighted by atomic mass is 35.5. The van der Waals surface area contributed by atoms with Crippen LogP contribution in [0.4, 0.5) is 0 Å². The van der Waals surface area contributed by atoms with E-state index >= 15 is 0 Å². The molecular weight excluding hydrogens is 482 g/mol. The van der Waals surface area contributed by atoms with Crippen LogP contribution in [0.15, 0.2) is 79.0 Å². The third kappa shape index (κ3) is 6.24. The number of aryl methyl sites for hydroxylation is 1. The van der Waals surface area contributed by atoms with E-state index in [4.69, 9.17) is 11.6 Å². The number of benzene rings is 3. The number of phenolic OH excluding ortho intramolecular Hbond substituents is 1.